The molecule has 0 radical (unpaired) electrons. The molecule has 25 heavy (non-hydrogen) atoms. The van der Waals surface area contributed by atoms with Gasteiger partial charge in [0.1, 0.15) is 11.8 Å². The highest BCUT2D eigenvalue weighted by Crippen LogP contribution is 2.39. The number of piperidine rings is 1. The molecule has 7 nitrogen and oxygen atoms in total. The van der Waals surface area contributed by atoms with Gasteiger partial charge in [0.05, 0.1) is 21.2 Å². The van der Waals surface area contributed by atoms with E-state index in [1.54, 1.807) is 12.4 Å². The van der Waals surface area contributed by atoms with Gasteiger partial charge in [-0.15, -0.1) is 0 Å². The summed E-state index contributed by atoms with van der Waals surface area (Å²) in [4.78, 5) is 22.3. The molecule has 1 amide bonds. The number of nitrogens with zero attached hydrogens (tertiary/aromatic N) is 2. The van der Waals surface area contributed by atoms with Crippen molar-refractivity contribution in [2.45, 2.75) is 37.8 Å². The van der Waals surface area contributed by atoms with E-state index in [0.29, 0.717) is 6.61 Å². The topological polar surface area (TPSA) is 96.3 Å². The van der Waals surface area contributed by atoms with Crippen LogP contribution in [0.5, 0.6) is 0 Å². The van der Waals surface area contributed by atoms with Crippen molar-refractivity contribution < 1.29 is 9.53 Å². The minimum Gasteiger partial charge on any atom is -0.368 e. The number of carbonyl (C=O) groups is 1. The molecular formula is C17H22BrN5O2. The number of ether oxygens (including phenoxy) is 1. The molecule has 2 fully saturated rings. The molecule has 0 aliphatic carbocycles. The van der Waals surface area contributed by atoms with Gasteiger partial charge in [0.2, 0.25) is 0 Å². The van der Waals surface area contributed by atoms with Crippen molar-refractivity contribution in [1.82, 2.24) is 9.97 Å². The molecule has 2 unspecified atom stereocenters. The van der Waals surface area contributed by atoms with E-state index in [1.165, 1.54) is 0 Å². The lowest BCUT2D eigenvalue weighted by Gasteiger charge is -2.33. The second-order valence-corrected chi connectivity index (χ2v) is 7.57. The Bertz CT molecular complexity index is 787. The highest BCUT2D eigenvalue weighted by molar-refractivity contribution is 9.10. The largest absolute Gasteiger partial charge is 0.368 e. The first kappa shape index (κ1) is 16.8. The van der Waals surface area contributed by atoms with E-state index in [9.17, 15) is 4.79 Å². The van der Waals surface area contributed by atoms with Crippen LogP contribution in [0.1, 0.15) is 25.7 Å². The van der Waals surface area contributed by atoms with E-state index in [-0.39, 0.29) is 18.1 Å². The number of fused-ring (bicyclic) bond motifs is 1. The first-order valence-electron chi connectivity index (χ1n) is 8.72. The van der Waals surface area contributed by atoms with Gasteiger partial charge < -0.3 is 25.7 Å². The summed E-state index contributed by atoms with van der Waals surface area (Å²) < 4.78 is 6.39. The summed E-state index contributed by atoms with van der Waals surface area (Å²) in [5.74, 6) is -0.0975. The first-order chi connectivity index (χ1) is 12.1. The predicted molar refractivity (Wildman–Crippen MR) is 101 cm³/mol. The van der Waals surface area contributed by atoms with Crippen LogP contribution >= 0.6 is 15.9 Å². The van der Waals surface area contributed by atoms with Crippen molar-refractivity contribution in [3.05, 3.63) is 16.9 Å². The third-order valence-electron chi connectivity index (χ3n) is 4.88. The lowest BCUT2D eigenvalue weighted by molar-refractivity contribution is -0.124. The van der Waals surface area contributed by atoms with Crippen LogP contribution in [0.2, 0.25) is 0 Å². The number of nitrogens with one attached hydrogen (secondary N) is 2. The SMILES string of the molecule is NC1CCCN(c2c(Br)cnc3[nH]cc(NC(=O)C4CCCO4)c23)C1. The number of halogens is 1. The van der Waals surface area contributed by atoms with Crippen molar-refractivity contribution >= 4 is 44.2 Å². The van der Waals surface area contributed by atoms with E-state index in [4.69, 9.17) is 10.5 Å². The quantitative estimate of drug-likeness (QED) is 0.725. The third-order valence-corrected chi connectivity index (χ3v) is 5.46. The normalized spacial score (nSPS) is 24.0. The fraction of sp³-hybridized carbons (Fsp3) is 0.529. The van der Waals surface area contributed by atoms with E-state index in [2.05, 4.69) is 36.1 Å². The number of amides is 1. The van der Waals surface area contributed by atoms with Crippen molar-refractivity contribution in [2.75, 3.05) is 29.9 Å². The standard InChI is InChI=1S/C17H22BrN5O2/c18-11-7-20-16-14(15(11)23-5-1-3-10(19)9-23)12(8-21-16)22-17(24)13-4-2-6-25-13/h7-8,10,13H,1-6,9,19H2,(H,20,21)(H,22,24). The molecule has 0 spiro atoms. The molecule has 2 saturated heterocycles. The van der Waals surface area contributed by atoms with Gasteiger partial charge in [0.25, 0.3) is 5.91 Å². The summed E-state index contributed by atoms with van der Waals surface area (Å²) >= 11 is 3.63. The summed E-state index contributed by atoms with van der Waals surface area (Å²) in [6.07, 6.45) is 7.01. The Hall–Kier alpha value is -1.64. The van der Waals surface area contributed by atoms with Crippen LogP contribution in [0.15, 0.2) is 16.9 Å². The maximum Gasteiger partial charge on any atom is 0.253 e. The van der Waals surface area contributed by atoms with Gasteiger partial charge >= 0.3 is 0 Å². The summed E-state index contributed by atoms with van der Waals surface area (Å²) in [5, 5.41) is 3.92. The Labute approximate surface area is 154 Å². The summed E-state index contributed by atoms with van der Waals surface area (Å²) in [7, 11) is 0. The number of carbonyl (C=O) groups excluding carboxylic acids is 1. The second-order valence-electron chi connectivity index (χ2n) is 6.72. The van der Waals surface area contributed by atoms with Gasteiger partial charge in [0, 0.05) is 38.1 Å². The van der Waals surface area contributed by atoms with Crippen LogP contribution < -0.4 is 16.0 Å². The molecule has 2 aromatic rings. The zero-order chi connectivity index (χ0) is 17.4. The second kappa shape index (κ2) is 6.93. The van der Waals surface area contributed by atoms with E-state index < -0.39 is 0 Å². The molecule has 4 N–H and O–H groups in total. The number of pyridine rings is 1. The number of hydrogen-bond acceptors (Lipinski definition) is 5. The van der Waals surface area contributed by atoms with Crippen LogP contribution in [0.3, 0.4) is 0 Å². The fourth-order valence-electron chi connectivity index (χ4n) is 3.67. The summed E-state index contributed by atoms with van der Waals surface area (Å²) in [6.45, 7) is 2.38. The Morgan fingerprint density at radius 3 is 3.08 bits per heavy atom. The van der Waals surface area contributed by atoms with Crippen LogP contribution in [0.4, 0.5) is 11.4 Å². The molecule has 134 valence electrons. The number of anilines is 2. The van der Waals surface area contributed by atoms with Gasteiger partial charge in [-0.25, -0.2) is 4.98 Å². The molecule has 0 saturated carbocycles. The van der Waals surface area contributed by atoms with Gasteiger partial charge in [-0.05, 0) is 41.6 Å². The predicted octanol–water partition coefficient (Wildman–Crippen LogP) is 2.37. The van der Waals surface area contributed by atoms with E-state index >= 15 is 0 Å². The molecule has 4 heterocycles. The Morgan fingerprint density at radius 1 is 1.44 bits per heavy atom. The van der Waals surface area contributed by atoms with Crippen LogP contribution in [-0.4, -0.2) is 47.7 Å². The number of aromatic nitrogens is 2. The molecule has 2 aliphatic rings. The van der Waals surface area contributed by atoms with Crippen LogP contribution in [-0.2, 0) is 9.53 Å². The number of nitrogens with two attached hydrogens (primary N) is 1. The van der Waals surface area contributed by atoms with Gasteiger partial charge in [-0.3, -0.25) is 4.79 Å². The fourth-order valence-corrected chi connectivity index (χ4v) is 4.23. The molecular weight excluding hydrogens is 386 g/mol. The molecule has 4 rings (SSSR count). The van der Waals surface area contributed by atoms with Gasteiger partial charge in [0.15, 0.2) is 0 Å². The Balaban J connectivity index is 1.70. The average Bonchev–Trinajstić information content (AvgIpc) is 3.25. The molecule has 2 aliphatic heterocycles. The Morgan fingerprint density at radius 2 is 2.32 bits per heavy atom. The highest BCUT2D eigenvalue weighted by Gasteiger charge is 2.27. The lowest BCUT2D eigenvalue weighted by Crippen LogP contribution is -2.43. The van der Waals surface area contributed by atoms with Crippen molar-refractivity contribution in [2.24, 2.45) is 5.73 Å². The average molecular weight is 408 g/mol. The van der Waals surface area contributed by atoms with Crippen molar-refractivity contribution in [3.63, 3.8) is 0 Å². The smallest absolute Gasteiger partial charge is 0.253 e. The number of rotatable bonds is 3. The molecule has 0 bridgehead atoms. The minimum atomic E-state index is -0.364. The monoisotopic (exact) mass is 407 g/mol. The minimum absolute atomic E-state index is 0.0975. The van der Waals surface area contributed by atoms with Crippen molar-refractivity contribution in [1.29, 1.82) is 0 Å². The van der Waals surface area contributed by atoms with Crippen LogP contribution in [0, 0.1) is 0 Å². The zero-order valence-electron chi connectivity index (χ0n) is 13.9. The van der Waals surface area contributed by atoms with Crippen LogP contribution in [0.25, 0.3) is 11.0 Å². The zero-order valence-corrected chi connectivity index (χ0v) is 15.5. The van der Waals surface area contributed by atoms with E-state index in [0.717, 1.165) is 65.7 Å². The maximum atomic E-state index is 12.5. The van der Waals surface area contributed by atoms with Gasteiger partial charge in [-0.2, -0.15) is 0 Å². The summed E-state index contributed by atoms with van der Waals surface area (Å²) in [6, 6.07) is 0.160. The Kier molecular flexibility index (Phi) is 4.66. The molecule has 8 heteroatoms. The number of hydrogen-bond donors (Lipinski definition) is 3. The lowest BCUT2D eigenvalue weighted by atomic mass is 10.1. The molecule has 2 aromatic heterocycles. The van der Waals surface area contributed by atoms with Crippen molar-refractivity contribution in [3.8, 4) is 0 Å². The highest BCUT2D eigenvalue weighted by atomic mass is 79.9. The summed E-state index contributed by atoms with van der Waals surface area (Å²) in [5.41, 5.74) is 8.68. The third kappa shape index (κ3) is 3.26. The molecule has 0 aromatic carbocycles. The number of H-pyrrole nitrogens is 1. The molecule has 2 atom stereocenters. The van der Waals surface area contributed by atoms with E-state index in [1.807, 2.05) is 0 Å². The first-order valence-corrected chi connectivity index (χ1v) is 9.51. The number of aromatic amines is 1. The maximum absolute atomic E-state index is 12.5. The van der Waals surface area contributed by atoms with Gasteiger partial charge in [-0.1, -0.05) is 0 Å².